The summed E-state index contributed by atoms with van der Waals surface area (Å²) in [6.07, 6.45) is 5.41. The minimum absolute atomic E-state index is 0.142. The molecule has 5 heteroatoms. The third kappa shape index (κ3) is 3.78. The highest BCUT2D eigenvalue weighted by molar-refractivity contribution is 4.84. The Balaban J connectivity index is 1.73. The molecule has 96 valence electrons. The number of aliphatic hydroxyl groups is 1. The minimum atomic E-state index is -0.142. The summed E-state index contributed by atoms with van der Waals surface area (Å²) in [5.74, 6) is 1.31. The maximum atomic E-state index is 9.38. The zero-order valence-electron chi connectivity index (χ0n) is 10.3. The molecule has 0 aliphatic heterocycles. The number of aryl methyl sites for hydroxylation is 1. The molecule has 0 bridgehead atoms. The lowest BCUT2D eigenvalue weighted by Gasteiger charge is -2.24. The van der Waals surface area contributed by atoms with Crippen LogP contribution < -0.4 is 0 Å². The van der Waals surface area contributed by atoms with Crippen molar-refractivity contribution in [2.75, 3.05) is 0 Å². The van der Waals surface area contributed by atoms with Crippen molar-refractivity contribution in [3.8, 4) is 0 Å². The zero-order valence-corrected chi connectivity index (χ0v) is 10.3. The maximum absolute atomic E-state index is 9.38. The van der Waals surface area contributed by atoms with Crippen molar-refractivity contribution < 1.29 is 14.4 Å². The highest BCUT2D eigenvalue weighted by atomic mass is 16.5. The predicted molar refractivity (Wildman–Crippen MR) is 61.3 cm³/mol. The largest absolute Gasteiger partial charge is 0.393 e. The van der Waals surface area contributed by atoms with E-state index in [0.29, 0.717) is 18.3 Å². The third-order valence-corrected chi connectivity index (χ3v) is 3.07. The van der Waals surface area contributed by atoms with E-state index in [1.54, 1.807) is 0 Å². The highest BCUT2D eigenvalue weighted by Crippen LogP contribution is 2.21. The Morgan fingerprint density at radius 3 is 2.82 bits per heavy atom. The number of aliphatic hydroxyl groups excluding tert-OH is 1. The molecule has 1 aliphatic carbocycles. The van der Waals surface area contributed by atoms with Crippen LogP contribution in [0.1, 0.15) is 50.7 Å². The molecule has 1 fully saturated rings. The van der Waals surface area contributed by atoms with Crippen LogP contribution >= 0.6 is 0 Å². The number of nitrogens with zero attached hydrogens (tertiary/aromatic N) is 2. The van der Waals surface area contributed by atoms with Gasteiger partial charge in [-0.2, -0.15) is 4.98 Å². The average Bonchev–Trinajstić information content (AvgIpc) is 2.77. The summed E-state index contributed by atoms with van der Waals surface area (Å²) in [4.78, 5) is 4.25. The van der Waals surface area contributed by atoms with Gasteiger partial charge in [-0.1, -0.05) is 12.1 Å². The predicted octanol–water partition coefficient (Wildman–Crippen LogP) is 1.84. The van der Waals surface area contributed by atoms with Gasteiger partial charge in [0.05, 0.1) is 12.2 Å². The van der Waals surface area contributed by atoms with Crippen molar-refractivity contribution in [3.63, 3.8) is 0 Å². The van der Waals surface area contributed by atoms with Crippen molar-refractivity contribution in [2.45, 2.75) is 64.3 Å². The summed E-state index contributed by atoms with van der Waals surface area (Å²) in [6.45, 7) is 2.49. The van der Waals surface area contributed by atoms with Crippen LogP contribution in [0, 0.1) is 0 Å². The van der Waals surface area contributed by atoms with Gasteiger partial charge in [-0.15, -0.1) is 0 Å². The quantitative estimate of drug-likeness (QED) is 0.850. The van der Waals surface area contributed by atoms with Gasteiger partial charge in [0, 0.05) is 6.42 Å². The van der Waals surface area contributed by atoms with E-state index in [1.807, 2.05) is 0 Å². The van der Waals surface area contributed by atoms with Gasteiger partial charge in [-0.25, -0.2) is 0 Å². The Morgan fingerprint density at radius 2 is 2.12 bits per heavy atom. The molecular formula is C12H20N2O3. The highest BCUT2D eigenvalue weighted by Gasteiger charge is 2.20. The molecule has 0 aromatic carbocycles. The molecule has 0 saturated heterocycles. The van der Waals surface area contributed by atoms with E-state index in [9.17, 15) is 5.11 Å². The van der Waals surface area contributed by atoms with Crippen LogP contribution in [-0.2, 0) is 17.8 Å². The Kier molecular flexibility index (Phi) is 4.50. The second-order valence-electron chi connectivity index (χ2n) is 4.60. The Labute approximate surface area is 101 Å². The molecule has 5 nitrogen and oxygen atoms in total. The van der Waals surface area contributed by atoms with Crippen LogP contribution in [0.5, 0.6) is 0 Å². The summed E-state index contributed by atoms with van der Waals surface area (Å²) in [6, 6.07) is 0. The molecule has 1 saturated carbocycles. The van der Waals surface area contributed by atoms with E-state index in [0.717, 1.165) is 38.5 Å². The topological polar surface area (TPSA) is 68.4 Å². The first-order valence-electron chi connectivity index (χ1n) is 6.39. The summed E-state index contributed by atoms with van der Waals surface area (Å²) in [7, 11) is 0. The average molecular weight is 240 g/mol. The van der Waals surface area contributed by atoms with Crippen molar-refractivity contribution in [3.05, 3.63) is 11.7 Å². The molecule has 1 aromatic rings. The van der Waals surface area contributed by atoms with Crippen LogP contribution in [0.4, 0.5) is 0 Å². The second kappa shape index (κ2) is 6.12. The lowest BCUT2D eigenvalue weighted by atomic mass is 9.95. The van der Waals surface area contributed by atoms with Crippen LogP contribution in [0.15, 0.2) is 4.52 Å². The van der Waals surface area contributed by atoms with Crippen molar-refractivity contribution >= 4 is 0 Å². The number of hydrogen-bond acceptors (Lipinski definition) is 5. The van der Waals surface area contributed by atoms with E-state index in [2.05, 4.69) is 17.1 Å². The van der Waals surface area contributed by atoms with Gasteiger partial charge in [0.1, 0.15) is 6.61 Å². The Morgan fingerprint density at radius 1 is 1.35 bits per heavy atom. The monoisotopic (exact) mass is 240 g/mol. The second-order valence-corrected chi connectivity index (χ2v) is 4.60. The molecular weight excluding hydrogens is 220 g/mol. The number of rotatable bonds is 5. The molecule has 0 spiro atoms. The molecule has 0 unspecified atom stereocenters. The molecule has 0 radical (unpaired) electrons. The first-order valence-corrected chi connectivity index (χ1v) is 6.39. The van der Waals surface area contributed by atoms with Gasteiger partial charge in [0.15, 0.2) is 5.82 Å². The van der Waals surface area contributed by atoms with Gasteiger partial charge in [0.25, 0.3) is 0 Å². The summed E-state index contributed by atoms with van der Waals surface area (Å²) < 4.78 is 10.8. The van der Waals surface area contributed by atoms with E-state index >= 15 is 0 Å². The molecule has 2 rings (SSSR count). The van der Waals surface area contributed by atoms with Crippen LogP contribution in [0.3, 0.4) is 0 Å². The fraction of sp³-hybridized carbons (Fsp3) is 0.833. The van der Waals surface area contributed by atoms with Crippen molar-refractivity contribution in [1.29, 1.82) is 0 Å². The molecule has 0 amide bonds. The SMILES string of the molecule is CCCc1nc(COC2CCC(O)CC2)no1. The Bertz CT molecular complexity index is 332. The van der Waals surface area contributed by atoms with Gasteiger partial charge < -0.3 is 14.4 Å². The minimum Gasteiger partial charge on any atom is -0.393 e. The Hall–Kier alpha value is -0.940. The van der Waals surface area contributed by atoms with E-state index in [4.69, 9.17) is 9.26 Å². The normalized spacial score (nSPS) is 25.1. The lowest BCUT2D eigenvalue weighted by molar-refractivity contribution is -0.0147. The van der Waals surface area contributed by atoms with Crippen molar-refractivity contribution in [2.24, 2.45) is 0 Å². The van der Waals surface area contributed by atoms with E-state index in [1.165, 1.54) is 0 Å². The van der Waals surface area contributed by atoms with E-state index in [-0.39, 0.29) is 12.2 Å². The molecule has 1 aromatic heterocycles. The van der Waals surface area contributed by atoms with Gasteiger partial charge >= 0.3 is 0 Å². The summed E-state index contributed by atoms with van der Waals surface area (Å²) in [5, 5.41) is 13.3. The fourth-order valence-corrected chi connectivity index (χ4v) is 2.07. The van der Waals surface area contributed by atoms with Crippen LogP contribution in [-0.4, -0.2) is 27.5 Å². The molecule has 1 aliphatic rings. The number of aromatic nitrogens is 2. The van der Waals surface area contributed by atoms with Crippen molar-refractivity contribution in [1.82, 2.24) is 10.1 Å². The molecule has 1 heterocycles. The number of hydrogen-bond donors (Lipinski definition) is 1. The maximum Gasteiger partial charge on any atom is 0.226 e. The molecule has 0 atom stereocenters. The fourth-order valence-electron chi connectivity index (χ4n) is 2.07. The lowest BCUT2D eigenvalue weighted by Crippen LogP contribution is -2.24. The zero-order chi connectivity index (χ0) is 12.1. The van der Waals surface area contributed by atoms with Gasteiger partial charge in [-0.05, 0) is 32.1 Å². The standard InChI is InChI=1S/C12H20N2O3/c1-2-3-12-13-11(14-17-12)8-16-10-6-4-9(15)5-7-10/h9-10,15H,2-8H2,1H3. The first-order chi connectivity index (χ1) is 8.28. The van der Waals surface area contributed by atoms with E-state index < -0.39 is 0 Å². The van der Waals surface area contributed by atoms with Crippen LogP contribution in [0.2, 0.25) is 0 Å². The van der Waals surface area contributed by atoms with Crippen LogP contribution in [0.25, 0.3) is 0 Å². The molecule has 17 heavy (non-hydrogen) atoms. The van der Waals surface area contributed by atoms with Gasteiger partial charge in [-0.3, -0.25) is 0 Å². The smallest absolute Gasteiger partial charge is 0.226 e. The first kappa shape index (κ1) is 12.5. The summed E-state index contributed by atoms with van der Waals surface area (Å²) in [5.41, 5.74) is 0. The van der Waals surface area contributed by atoms with Gasteiger partial charge in [0.2, 0.25) is 5.89 Å². The summed E-state index contributed by atoms with van der Waals surface area (Å²) >= 11 is 0. The third-order valence-electron chi connectivity index (χ3n) is 3.07. The molecule has 1 N–H and O–H groups in total. The number of ether oxygens (including phenoxy) is 1.